The van der Waals surface area contributed by atoms with Crippen LogP contribution in [-0.2, 0) is 6.18 Å². The normalized spacial score (nSPS) is 11.4. The molecule has 0 aliphatic carbocycles. The Bertz CT molecular complexity index is 696. The first-order valence-corrected chi connectivity index (χ1v) is 5.55. The lowest BCUT2D eigenvalue weighted by Crippen LogP contribution is -2.39. The molecule has 1 heterocycles. The highest BCUT2D eigenvalue weighted by atomic mass is 19.4. The molecule has 0 radical (unpaired) electrons. The van der Waals surface area contributed by atoms with E-state index in [0.717, 1.165) is 24.3 Å². The van der Waals surface area contributed by atoms with Gasteiger partial charge in [0.15, 0.2) is 0 Å². The maximum Gasteiger partial charge on any atom is 0.422 e. The average Bonchev–Trinajstić information content (AvgIpc) is 2.38. The van der Waals surface area contributed by atoms with Gasteiger partial charge in [-0.3, -0.25) is 0 Å². The van der Waals surface area contributed by atoms with Crippen LogP contribution in [0.2, 0.25) is 0 Å². The molecular formula is C13H7F4NO3. The summed E-state index contributed by atoms with van der Waals surface area (Å²) in [5, 5.41) is 20.7. The number of halogens is 4. The molecule has 2 aromatic rings. The number of alkyl halides is 3. The van der Waals surface area contributed by atoms with Crippen LogP contribution < -0.4 is 4.73 Å². The van der Waals surface area contributed by atoms with Crippen molar-refractivity contribution in [3.05, 3.63) is 58.7 Å². The smallest absolute Gasteiger partial charge is 0.422 e. The molecule has 4 nitrogen and oxygen atoms in total. The van der Waals surface area contributed by atoms with Gasteiger partial charge in [-0.2, -0.15) is 17.9 Å². The molecule has 0 saturated heterocycles. The van der Waals surface area contributed by atoms with Crippen molar-refractivity contribution in [1.29, 1.82) is 0 Å². The number of hydrogen-bond acceptors (Lipinski definition) is 2. The van der Waals surface area contributed by atoms with Gasteiger partial charge in [0.1, 0.15) is 11.4 Å². The maximum atomic E-state index is 13.0. The number of hydrogen-bond donors (Lipinski definition) is 1. The molecule has 1 aromatic carbocycles. The van der Waals surface area contributed by atoms with E-state index in [0.29, 0.717) is 12.1 Å². The monoisotopic (exact) mass is 301 g/mol. The molecule has 0 amide bonds. The second kappa shape index (κ2) is 5.04. The molecule has 0 atom stereocenters. The van der Waals surface area contributed by atoms with E-state index in [1.54, 1.807) is 0 Å². The summed E-state index contributed by atoms with van der Waals surface area (Å²) in [4.78, 5) is 10.9. The van der Waals surface area contributed by atoms with E-state index < -0.39 is 34.9 Å². The van der Waals surface area contributed by atoms with E-state index in [1.807, 2.05) is 0 Å². The zero-order valence-corrected chi connectivity index (χ0v) is 10.2. The molecule has 0 saturated carbocycles. The van der Waals surface area contributed by atoms with Crippen molar-refractivity contribution in [2.45, 2.75) is 6.18 Å². The first-order valence-electron chi connectivity index (χ1n) is 5.55. The molecular weight excluding hydrogens is 294 g/mol. The summed E-state index contributed by atoms with van der Waals surface area (Å²) in [6.07, 6.45) is -4.85. The lowest BCUT2D eigenvalue weighted by molar-refractivity contribution is -0.597. The van der Waals surface area contributed by atoms with Crippen LogP contribution in [0.4, 0.5) is 17.6 Å². The van der Waals surface area contributed by atoms with E-state index in [2.05, 4.69) is 0 Å². The van der Waals surface area contributed by atoms with Gasteiger partial charge in [-0.1, -0.05) is 0 Å². The number of rotatable bonds is 2. The standard InChI is InChI=1S/C13H7F4NO3/c14-8-3-1-7(2-4-8)11-9(13(15,16)17)5-6-10(12(19)20)18(11)21/h1-6H,(H,19,20). The number of carbonyl (C=O) groups is 1. The van der Waals surface area contributed by atoms with E-state index in [9.17, 15) is 27.6 Å². The van der Waals surface area contributed by atoms with Gasteiger partial charge in [0, 0.05) is 11.6 Å². The molecule has 1 N–H and O–H groups in total. The predicted octanol–water partition coefficient (Wildman–Crippen LogP) is 2.84. The zero-order chi connectivity index (χ0) is 15.8. The van der Waals surface area contributed by atoms with Crippen LogP contribution >= 0.6 is 0 Å². The summed E-state index contributed by atoms with van der Waals surface area (Å²) in [6, 6.07) is 4.79. The first-order chi connectivity index (χ1) is 9.71. The number of aromatic carboxylic acids is 1. The fraction of sp³-hybridized carbons (Fsp3) is 0.0769. The number of pyridine rings is 1. The maximum absolute atomic E-state index is 13.0. The van der Waals surface area contributed by atoms with Gasteiger partial charge in [-0.05, 0) is 30.3 Å². The van der Waals surface area contributed by atoms with E-state index >= 15 is 0 Å². The van der Waals surface area contributed by atoms with Crippen LogP contribution in [0.3, 0.4) is 0 Å². The third-order valence-electron chi connectivity index (χ3n) is 2.73. The number of aromatic nitrogens is 1. The van der Waals surface area contributed by atoms with Crippen LogP contribution in [0.15, 0.2) is 36.4 Å². The summed E-state index contributed by atoms with van der Waals surface area (Å²) >= 11 is 0. The molecule has 2 rings (SSSR count). The SMILES string of the molecule is O=C(O)c1ccc(C(F)(F)F)c(-c2ccc(F)cc2)[n+]1[O-]. The molecule has 21 heavy (non-hydrogen) atoms. The Kier molecular flexibility index (Phi) is 3.54. The minimum Gasteiger partial charge on any atom is -0.618 e. The van der Waals surface area contributed by atoms with Crippen LogP contribution in [-0.4, -0.2) is 11.1 Å². The summed E-state index contributed by atoms with van der Waals surface area (Å²) in [5.41, 5.74) is -3.28. The highest BCUT2D eigenvalue weighted by Crippen LogP contribution is 2.35. The van der Waals surface area contributed by atoms with Crippen molar-refractivity contribution in [2.24, 2.45) is 0 Å². The third kappa shape index (κ3) is 2.78. The van der Waals surface area contributed by atoms with E-state index in [1.165, 1.54) is 0 Å². The van der Waals surface area contributed by atoms with E-state index in [-0.39, 0.29) is 10.3 Å². The molecule has 0 spiro atoms. The van der Waals surface area contributed by atoms with Crippen molar-refractivity contribution in [2.75, 3.05) is 0 Å². The van der Waals surface area contributed by atoms with Gasteiger partial charge in [0.05, 0.1) is 0 Å². The molecule has 8 heteroatoms. The number of benzene rings is 1. The number of carboxylic acids is 1. The van der Waals surface area contributed by atoms with Crippen LogP contribution in [0.25, 0.3) is 11.3 Å². The van der Waals surface area contributed by atoms with Crippen LogP contribution in [0.1, 0.15) is 16.1 Å². The van der Waals surface area contributed by atoms with Crippen molar-refractivity contribution in [3.63, 3.8) is 0 Å². The molecule has 1 aromatic heterocycles. The molecule has 0 aliphatic heterocycles. The average molecular weight is 301 g/mol. The van der Waals surface area contributed by atoms with Crippen molar-refractivity contribution in [3.8, 4) is 11.3 Å². The Morgan fingerprint density at radius 2 is 1.67 bits per heavy atom. The van der Waals surface area contributed by atoms with Gasteiger partial charge in [-0.15, -0.1) is 0 Å². The summed E-state index contributed by atoms with van der Waals surface area (Å²) in [6.45, 7) is 0. The zero-order valence-electron chi connectivity index (χ0n) is 10.2. The first kappa shape index (κ1) is 14.8. The summed E-state index contributed by atoms with van der Waals surface area (Å²) < 4.78 is 51.4. The highest BCUT2D eigenvalue weighted by Gasteiger charge is 2.39. The van der Waals surface area contributed by atoms with Crippen LogP contribution in [0, 0.1) is 11.0 Å². The Morgan fingerprint density at radius 1 is 1.10 bits per heavy atom. The second-order valence-electron chi connectivity index (χ2n) is 4.09. The third-order valence-corrected chi connectivity index (χ3v) is 2.73. The predicted molar refractivity (Wildman–Crippen MR) is 62.8 cm³/mol. The lowest BCUT2D eigenvalue weighted by Gasteiger charge is -2.14. The van der Waals surface area contributed by atoms with Gasteiger partial charge in [0.25, 0.3) is 0 Å². The van der Waals surface area contributed by atoms with Gasteiger partial charge < -0.3 is 10.3 Å². The summed E-state index contributed by atoms with van der Waals surface area (Å²) in [7, 11) is 0. The Morgan fingerprint density at radius 3 is 2.14 bits per heavy atom. The number of carboxylic acid groups (broad SMARTS) is 1. The largest absolute Gasteiger partial charge is 0.618 e. The molecule has 110 valence electrons. The van der Waals surface area contributed by atoms with Gasteiger partial charge in [-0.25, -0.2) is 9.18 Å². The minimum absolute atomic E-state index is 0.234. The van der Waals surface area contributed by atoms with E-state index in [4.69, 9.17) is 5.11 Å². The fourth-order valence-electron chi connectivity index (χ4n) is 1.81. The quantitative estimate of drug-likeness (QED) is 0.527. The Balaban J connectivity index is 2.78. The van der Waals surface area contributed by atoms with Crippen molar-refractivity contribution in [1.82, 2.24) is 0 Å². The topological polar surface area (TPSA) is 64.2 Å². The Hall–Kier alpha value is -2.64. The molecule has 0 bridgehead atoms. The second-order valence-corrected chi connectivity index (χ2v) is 4.09. The minimum atomic E-state index is -4.85. The molecule has 0 aliphatic rings. The molecule has 0 fully saturated rings. The number of nitrogens with zero attached hydrogens (tertiary/aromatic N) is 1. The lowest BCUT2D eigenvalue weighted by atomic mass is 10.0. The highest BCUT2D eigenvalue weighted by molar-refractivity contribution is 5.84. The summed E-state index contributed by atoms with van der Waals surface area (Å²) in [5.74, 6) is -2.36. The molecule has 0 unspecified atom stereocenters. The van der Waals surface area contributed by atoms with Gasteiger partial charge >= 0.3 is 17.8 Å². The fourth-order valence-corrected chi connectivity index (χ4v) is 1.81. The van der Waals surface area contributed by atoms with Crippen molar-refractivity contribution < 1.29 is 32.2 Å². The Labute approximate surface area is 115 Å². The van der Waals surface area contributed by atoms with Crippen molar-refractivity contribution >= 4 is 5.97 Å². The van der Waals surface area contributed by atoms with Gasteiger partial charge in [0.2, 0.25) is 5.69 Å². The van der Waals surface area contributed by atoms with Crippen LogP contribution in [0.5, 0.6) is 0 Å².